The Labute approximate surface area is 104 Å². The molecule has 3 nitrogen and oxygen atoms in total. The Kier molecular flexibility index (Phi) is 5.57. The van der Waals surface area contributed by atoms with Crippen LogP contribution >= 0.6 is 0 Å². The lowest BCUT2D eigenvalue weighted by molar-refractivity contribution is 0.289. The normalized spacial score (nSPS) is 10.5. The lowest BCUT2D eigenvalue weighted by Gasteiger charge is -2.21. The number of benzene rings is 1. The molecule has 94 valence electrons. The van der Waals surface area contributed by atoms with Crippen LogP contribution in [0.3, 0.4) is 0 Å². The second-order valence-electron chi connectivity index (χ2n) is 4.10. The molecular formula is C14H22N2O. The monoisotopic (exact) mass is 234 g/mol. The Morgan fingerprint density at radius 1 is 1.47 bits per heavy atom. The summed E-state index contributed by atoms with van der Waals surface area (Å²) in [5.74, 6) is 0.857. The quantitative estimate of drug-likeness (QED) is 0.582. The summed E-state index contributed by atoms with van der Waals surface area (Å²) in [5.41, 5.74) is 7.64. The molecule has 0 radical (unpaired) electrons. The Bertz CT molecular complexity index is 363. The van der Waals surface area contributed by atoms with Gasteiger partial charge < -0.3 is 10.5 Å². The van der Waals surface area contributed by atoms with E-state index in [0.29, 0.717) is 0 Å². The average Bonchev–Trinajstić information content (AvgIpc) is 2.32. The first-order valence-corrected chi connectivity index (χ1v) is 5.96. The van der Waals surface area contributed by atoms with Crippen LogP contribution < -0.4 is 10.5 Å². The van der Waals surface area contributed by atoms with Crippen LogP contribution in [0.5, 0.6) is 5.75 Å². The van der Waals surface area contributed by atoms with Gasteiger partial charge >= 0.3 is 0 Å². The van der Waals surface area contributed by atoms with Crippen molar-refractivity contribution in [2.24, 2.45) is 0 Å². The molecule has 0 aliphatic rings. The van der Waals surface area contributed by atoms with Gasteiger partial charge in [0, 0.05) is 30.4 Å². The van der Waals surface area contributed by atoms with Gasteiger partial charge in [-0.15, -0.1) is 6.58 Å². The molecule has 0 aromatic heterocycles. The molecule has 0 saturated carbocycles. The summed E-state index contributed by atoms with van der Waals surface area (Å²) < 4.78 is 5.35. The third-order valence-corrected chi connectivity index (χ3v) is 2.63. The van der Waals surface area contributed by atoms with Gasteiger partial charge in [0.1, 0.15) is 5.75 Å². The van der Waals surface area contributed by atoms with E-state index in [1.165, 1.54) is 0 Å². The van der Waals surface area contributed by atoms with Crippen LogP contribution in [0.2, 0.25) is 0 Å². The van der Waals surface area contributed by atoms with Crippen molar-refractivity contribution in [3.63, 3.8) is 0 Å². The lowest BCUT2D eigenvalue weighted by atomic mass is 10.1. The molecule has 0 heterocycles. The molecule has 0 aliphatic carbocycles. The van der Waals surface area contributed by atoms with Gasteiger partial charge in [0.2, 0.25) is 0 Å². The van der Waals surface area contributed by atoms with Crippen molar-refractivity contribution in [1.82, 2.24) is 4.90 Å². The molecule has 0 saturated heterocycles. The lowest BCUT2D eigenvalue weighted by Crippen LogP contribution is -2.24. The largest absolute Gasteiger partial charge is 0.496 e. The molecule has 0 amide bonds. The van der Waals surface area contributed by atoms with Crippen LogP contribution in [-0.4, -0.2) is 25.1 Å². The van der Waals surface area contributed by atoms with Crippen LogP contribution in [0, 0.1) is 0 Å². The number of nitrogens with two attached hydrogens (primary N) is 1. The van der Waals surface area contributed by atoms with Crippen molar-refractivity contribution in [3.8, 4) is 5.75 Å². The van der Waals surface area contributed by atoms with E-state index in [1.807, 2.05) is 24.3 Å². The van der Waals surface area contributed by atoms with Gasteiger partial charge in [0.05, 0.1) is 7.11 Å². The second kappa shape index (κ2) is 6.97. The highest BCUT2D eigenvalue weighted by atomic mass is 16.5. The maximum Gasteiger partial charge on any atom is 0.125 e. The Morgan fingerprint density at radius 2 is 2.24 bits per heavy atom. The Balaban J connectivity index is 2.80. The van der Waals surface area contributed by atoms with E-state index in [9.17, 15) is 0 Å². The maximum absolute atomic E-state index is 5.74. The smallest absolute Gasteiger partial charge is 0.125 e. The zero-order valence-electron chi connectivity index (χ0n) is 10.8. The van der Waals surface area contributed by atoms with E-state index in [1.54, 1.807) is 7.11 Å². The topological polar surface area (TPSA) is 38.5 Å². The van der Waals surface area contributed by atoms with Crippen LogP contribution in [0.4, 0.5) is 5.69 Å². The van der Waals surface area contributed by atoms with Crippen LogP contribution in [0.1, 0.15) is 18.9 Å². The van der Waals surface area contributed by atoms with Gasteiger partial charge in [-0.1, -0.05) is 19.1 Å². The fourth-order valence-corrected chi connectivity index (χ4v) is 1.87. The first-order valence-electron chi connectivity index (χ1n) is 5.96. The fourth-order valence-electron chi connectivity index (χ4n) is 1.87. The molecule has 1 aromatic carbocycles. The number of nitrogens with zero attached hydrogens (tertiary/aromatic N) is 1. The molecule has 3 heteroatoms. The first kappa shape index (κ1) is 13.6. The van der Waals surface area contributed by atoms with E-state index < -0.39 is 0 Å². The summed E-state index contributed by atoms with van der Waals surface area (Å²) in [4.78, 5) is 2.33. The van der Waals surface area contributed by atoms with Crippen LogP contribution in [-0.2, 0) is 6.54 Å². The summed E-state index contributed by atoms with van der Waals surface area (Å²) in [7, 11) is 1.68. The van der Waals surface area contributed by atoms with Gasteiger partial charge in [0.15, 0.2) is 0 Å². The molecule has 17 heavy (non-hydrogen) atoms. The highest BCUT2D eigenvalue weighted by Crippen LogP contribution is 2.22. The number of methoxy groups -OCH3 is 1. The number of hydrogen-bond acceptors (Lipinski definition) is 3. The summed E-state index contributed by atoms with van der Waals surface area (Å²) in [6.45, 7) is 8.77. The van der Waals surface area contributed by atoms with Gasteiger partial charge in [-0.25, -0.2) is 0 Å². The van der Waals surface area contributed by atoms with Crippen molar-refractivity contribution < 1.29 is 4.74 Å². The number of anilines is 1. The van der Waals surface area contributed by atoms with Gasteiger partial charge in [-0.2, -0.15) is 0 Å². The third kappa shape index (κ3) is 4.11. The van der Waals surface area contributed by atoms with Crippen molar-refractivity contribution in [3.05, 3.63) is 36.4 Å². The fraction of sp³-hybridized carbons (Fsp3) is 0.429. The molecule has 2 N–H and O–H groups in total. The highest BCUT2D eigenvalue weighted by molar-refractivity contribution is 5.48. The maximum atomic E-state index is 5.74. The zero-order chi connectivity index (χ0) is 12.7. The number of ether oxygens (including phenoxy) is 1. The molecule has 0 atom stereocenters. The van der Waals surface area contributed by atoms with Crippen LogP contribution in [0.25, 0.3) is 0 Å². The number of nitrogen functional groups attached to an aromatic ring is 1. The minimum atomic E-state index is 0.733. The Hall–Kier alpha value is -1.48. The highest BCUT2D eigenvalue weighted by Gasteiger charge is 2.08. The predicted octanol–water partition coefficient (Wildman–Crippen LogP) is 2.68. The number of rotatable bonds is 7. The molecule has 1 aromatic rings. The van der Waals surface area contributed by atoms with E-state index >= 15 is 0 Å². The molecule has 1 rings (SSSR count). The van der Waals surface area contributed by atoms with Crippen molar-refractivity contribution in [2.75, 3.05) is 25.9 Å². The average molecular weight is 234 g/mol. The van der Waals surface area contributed by atoms with E-state index in [4.69, 9.17) is 10.5 Å². The van der Waals surface area contributed by atoms with Gasteiger partial charge in [-0.05, 0) is 19.0 Å². The molecule has 0 bridgehead atoms. The molecule has 0 fully saturated rings. The van der Waals surface area contributed by atoms with Crippen molar-refractivity contribution in [2.45, 2.75) is 19.9 Å². The van der Waals surface area contributed by atoms with Gasteiger partial charge in [0.25, 0.3) is 0 Å². The van der Waals surface area contributed by atoms with E-state index in [2.05, 4.69) is 18.4 Å². The Morgan fingerprint density at radius 3 is 2.82 bits per heavy atom. The van der Waals surface area contributed by atoms with Gasteiger partial charge in [-0.3, -0.25) is 4.90 Å². The number of hydrogen-bond donors (Lipinski definition) is 1. The predicted molar refractivity (Wildman–Crippen MR) is 73.2 cm³/mol. The molecular weight excluding hydrogens is 212 g/mol. The van der Waals surface area contributed by atoms with Crippen molar-refractivity contribution >= 4 is 5.69 Å². The summed E-state index contributed by atoms with van der Waals surface area (Å²) >= 11 is 0. The van der Waals surface area contributed by atoms with Crippen LogP contribution in [0.15, 0.2) is 30.9 Å². The molecule has 0 unspecified atom stereocenters. The minimum absolute atomic E-state index is 0.733. The summed E-state index contributed by atoms with van der Waals surface area (Å²) in [6, 6.07) is 5.81. The van der Waals surface area contributed by atoms with Crippen molar-refractivity contribution in [1.29, 1.82) is 0 Å². The zero-order valence-corrected chi connectivity index (χ0v) is 10.8. The summed E-state index contributed by atoms with van der Waals surface area (Å²) in [6.07, 6.45) is 3.06. The standard InChI is InChI=1S/C14H22N2O/c1-4-8-16(9-5-2)11-12-6-7-13(15)10-14(12)17-3/h4,6-7,10H,1,5,8-9,11,15H2,2-3H3. The molecule has 0 spiro atoms. The first-order chi connectivity index (χ1) is 8.21. The second-order valence-corrected chi connectivity index (χ2v) is 4.10. The molecule has 0 aliphatic heterocycles. The van der Waals surface area contributed by atoms with E-state index in [-0.39, 0.29) is 0 Å². The van der Waals surface area contributed by atoms with E-state index in [0.717, 1.165) is 43.1 Å². The SMILES string of the molecule is C=CCN(CCC)Cc1ccc(N)cc1OC. The minimum Gasteiger partial charge on any atom is -0.496 e. The third-order valence-electron chi connectivity index (χ3n) is 2.63. The summed E-state index contributed by atoms with van der Waals surface area (Å²) in [5, 5.41) is 0.